The van der Waals surface area contributed by atoms with Crippen LogP contribution in [0.2, 0.25) is 5.02 Å². The number of aliphatic hydroxyl groups is 1. The molecule has 2 aromatic rings. The number of hydrogen-bond donors (Lipinski definition) is 1. The van der Waals surface area contributed by atoms with Gasteiger partial charge in [-0.15, -0.1) is 0 Å². The maximum atomic E-state index is 10.6. The Kier molecular flexibility index (Phi) is 4.09. The first-order valence-corrected chi connectivity index (χ1v) is 8.11. The summed E-state index contributed by atoms with van der Waals surface area (Å²) >= 11 is 12.9. The number of hydrogen-bond acceptors (Lipinski definition) is 2. The van der Waals surface area contributed by atoms with Gasteiger partial charge in [-0.1, -0.05) is 33.6 Å². The standard InChI is InChI=1S/C15H11Br2ClO2/c16-10-5-9-3-4-20-15(9)11(7-10)14(19)8-1-2-12(17)13(18)6-8/h1-2,5-7,14,19H,3-4H2. The Labute approximate surface area is 139 Å². The molecule has 2 aromatic carbocycles. The molecule has 1 heterocycles. The molecular formula is C15H11Br2ClO2. The minimum absolute atomic E-state index is 0.578. The van der Waals surface area contributed by atoms with Gasteiger partial charge < -0.3 is 9.84 Å². The summed E-state index contributed by atoms with van der Waals surface area (Å²) in [6, 6.07) is 9.37. The molecule has 1 N–H and O–H groups in total. The summed E-state index contributed by atoms with van der Waals surface area (Å²) in [4.78, 5) is 0. The first-order valence-electron chi connectivity index (χ1n) is 6.14. The van der Waals surface area contributed by atoms with Gasteiger partial charge in [0.05, 0.1) is 11.6 Å². The molecule has 0 bridgehead atoms. The van der Waals surface area contributed by atoms with Gasteiger partial charge in [0, 0.05) is 20.9 Å². The zero-order valence-corrected chi connectivity index (χ0v) is 14.3. The van der Waals surface area contributed by atoms with Crippen molar-refractivity contribution in [2.75, 3.05) is 6.61 Å². The number of halogens is 3. The van der Waals surface area contributed by atoms with E-state index in [1.165, 1.54) is 0 Å². The van der Waals surface area contributed by atoms with Gasteiger partial charge in [0.15, 0.2) is 0 Å². The summed E-state index contributed by atoms with van der Waals surface area (Å²) < 4.78 is 7.41. The third-order valence-electron chi connectivity index (χ3n) is 3.33. The highest BCUT2D eigenvalue weighted by molar-refractivity contribution is 9.10. The largest absolute Gasteiger partial charge is 0.493 e. The highest BCUT2D eigenvalue weighted by Gasteiger charge is 2.23. The van der Waals surface area contributed by atoms with Crippen LogP contribution in [0.25, 0.3) is 0 Å². The maximum Gasteiger partial charge on any atom is 0.128 e. The quantitative estimate of drug-likeness (QED) is 0.753. The zero-order chi connectivity index (χ0) is 14.3. The molecule has 1 aliphatic heterocycles. The number of fused-ring (bicyclic) bond motifs is 1. The van der Waals surface area contributed by atoms with Gasteiger partial charge >= 0.3 is 0 Å². The lowest BCUT2D eigenvalue weighted by Gasteiger charge is -2.16. The van der Waals surface area contributed by atoms with E-state index in [9.17, 15) is 5.11 Å². The van der Waals surface area contributed by atoms with Crippen molar-refractivity contribution in [2.45, 2.75) is 12.5 Å². The maximum absolute atomic E-state index is 10.6. The summed E-state index contributed by atoms with van der Waals surface area (Å²) in [5.74, 6) is 0.791. The fourth-order valence-corrected chi connectivity index (χ4v) is 3.32. The molecule has 1 aliphatic rings. The van der Waals surface area contributed by atoms with E-state index in [0.717, 1.165) is 37.8 Å². The van der Waals surface area contributed by atoms with Crippen LogP contribution in [-0.2, 0) is 6.42 Å². The molecule has 0 aromatic heterocycles. The SMILES string of the molecule is OC(c1ccc(Br)c(Cl)c1)c1cc(Br)cc2c1OCC2. The van der Waals surface area contributed by atoms with Crippen LogP contribution < -0.4 is 4.74 Å². The van der Waals surface area contributed by atoms with Crippen molar-refractivity contribution in [1.29, 1.82) is 0 Å². The molecule has 20 heavy (non-hydrogen) atoms. The summed E-state index contributed by atoms with van der Waals surface area (Å²) in [5.41, 5.74) is 2.64. The summed E-state index contributed by atoms with van der Waals surface area (Å²) in [6.07, 6.45) is 0.111. The lowest BCUT2D eigenvalue weighted by molar-refractivity contribution is 0.213. The van der Waals surface area contributed by atoms with E-state index in [-0.39, 0.29) is 0 Å². The van der Waals surface area contributed by atoms with E-state index in [2.05, 4.69) is 31.9 Å². The molecule has 104 valence electrons. The Morgan fingerprint density at radius 1 is 1.20 bits per heavy atom. The molecule has 3 rings (SSSR count). The fourth-order valence-electron chi connectivity index (χ4n) is 2.36. The minimum Gasteiger partial charge on any atom is -0.493 e. The molecular weight excluding hydrogens is 407 g/mol. The van der Waals surface area contributed by atoms with Crippen molar-refractivity contribution < 1.29 is 9.84 Å². The van der Waals surface area contributed by atoms with E-state index < -0.39 is 6.10 Å². The van der Waals surface area contributed by atoms with Gasteiger partial charge in [-0.05, 0) is 51.3 Å². The lowest BCUT2D eigenvalue weighted by Crippen LogP contribution is -2.02. The van der Waals surface area contributed by atoms with Gasteiger partial charge in [-0.2, -0.15) is 0 Å². The Bertz CT molecular complexity index is 673. The van der Waals surface area contributed by atoms with Crippen LogP contribution in [-0.4, -0.2) is 11.7 Å². The van der Waals surface area contributed by atoms with Gasteiger partial charge in [0.1, 0.15) is 11.9 Å². The van der Waals surface area contributed by atoms with E-state index >= 15 is 0 Å². The summed E-state index contributed by atoms with van der Waals surface area (Å²) in [7, 11) is 0. The highest BCUT2D eigenvalue weighted by atomic mass is 79.9. The zero-order valence-electron chi connectivity index (χ0n) is 10.4. The van der Waals surface area contributed by atoms with Gasteiger partial charge in [0.25, 0.3) is 0 Å². The van der Waals surface area contributed by atoms with E-state index in [4.69, 9.17) is 16.3 Å². The van der Waals surface area contributed by atoms with E-state index in [1.54, 1.807) is 6.07 Å². The van der Waals surface area contributed by atoms with Gasteiger partial charge in [-0.25, -0.2) is 0 Å². The second kappa shape index (κ2) is 5.68. The van der Waals surface area contributed by atoms with Crippen LogP contribution in [0.4, 0.5) is 0 Å². The molecule has 0 fully saturated rings. The Hall–Kier alpha value is -0.550. The van der Waals surface area contributed by atoms with Crippen LogP contribution in [0.15, 0.2) is 39.3 Å². The second-order valence-electron chi connectivity index (χ2n) is 4.66. The molecule has 0 saturated heterocycles. The van der Waals surface area contributed by atoms with E-state index in [1.807, 2.05) is 24.3 Å². The van der Waals surface area contributed by atoms with Crippen molar-refractivity contribution >= 4 is 43.5 Å². The van der Waals surface area contributed by atoms with Crippen LogP contribution >= 0.6 is 43.5 Å². The third-order valence-corrected chi connectivity index (χ3v) is 5.02. The van der Waals surface area contributed by atoms with Crippen molar-refractivity contribution in [3.63, 3.8) is 0 Å². The second-order valence-corrected chi connectivity index (χ2v) is 6.84. The van der Waals surface area contributed by atoms with E-state index in [0.29, 0.717) is 11.6 Å². The topological polar surface area (TPSA) is 29.5 Å². The average molecular weight is 419 g/mol. The molecule has 0 aliphatic carbocycles. The van der Waals surface area contributed by atoms with Crippen molar-refractivity contribution in [1.82, 2.24) is 0 Å². The molecule has 2 nitrogen and oxygen atoms in total. The van der Waals surface area contributed by atoms with Crippen LogP contribution in [0.3, 0.4) is 0 Å². The summed E-state index contributed by atoms with van der Waals surface area (Å²) in [6.45, 7) is 0.659. The Morgan fingerprint density at radius 2 is 2.00 bits per heavy atom. The van der Waals surface area contributed by atoms with Crippen LogP contribution in [0.1, 0.15) is 22.8 Å². The minimum atomic E-state index is -0.759. The summed E-state index contributed by atoms with van der Waals surface area (Å²) in [5, 5.41) is 11.2. The lowest BCUT2D eigenvalue weighted by atomic mass is 9.98. The average Bonchev–Trinajstić information content (AvgIpc) is 2.88. The van der Waals surface area contributed by atoms with Crippen molar-refractivity contribution in [3.05, 3.63) is 61.0 Å². The predicted molar refractivity (Wildman–Crippen MR) is 86.6 cm³/mol. The predicted octanol–water partition coefficient (Wildman–Crippen LogP) is 4.88. The van der Waals surface area contributed by atoms with Crippen LogP contribution in [0, 0.1) is 0 Å². The molecule has 0 spiro atoms. The monoisotopic (exact) mass is 416 g/mol. The molecule has 0 amide bonds. The highest BCUT2D eigenvalue weighted by Crippen LogP contribution is 2.39. The molecule has 0 saturated carbocycles. The first-order chi connectivity index (χ1) is 9.56. The number of ether oxygens (including phenoxy) is 1. The number of rotatable bonds is 2. The Morgan fingerprint density at radius 3 is 2.75 bits per heavy atom. The smallest absolute Gasteiger partial charge is 0.128 e. The molecule has 1 unspecified atom stereocenters. The molecule has 5 heteroatoms. The molecule has 0 radical (unpaired) electrons. The van der Waals surface area contributed by atoms with Crippen LogP contribution in [0.5, 0.6) is 5.75 Å². The van der Waals surface area contributed by atoms with Crippen molar-refractivity contribution in [3.8, 4) is 5.75 Å². The van der Waals surface area contributed by atoms with Gasteiger partial charge in [-0.3, -0.25) is 0 Å². The number of benzene rings is 2. The van der Waals surface area contributed by atoms with Gasteiger partial charge in [0.2, 0.25) is 0 Å². The van der Waals surface area contributed by atoms with Crippen molar-refractivity contribution in [2.24, 2.45) is 0 Å². The first kappa shape index (κ1) is 14.4. The Balaban J connectivity index is 2.06. The third kappa shape index (κ3) is 2.62. The fraction of sp³-hybridized carbons (Fsp3) is 0.200. The normalized spacial score (nSPS) is 14.8. The number of aliphatic hydroxyl groups excluding tert-OH is 1. The molecule has 1 atom stereocenters.